The topological polar surface area (TPSA) is 209 Å². The molecular formula is C46H62N4O11. The summed E-state index contributed by atoms with van der Waals surface area (Å²) < 4.78 is 24.0. The normalized spacial score (nSPS) is 32.2. The molecule has 1 amide bonds. The molecule has 61 heavy (non-hydrogen) atoms. The number of ketones is 1. The Balaban J connectivity index is 1.53. The van der Waals surface area contributed by atoms with Crippen molar-refractivity contribution in [3.05, 3.63) is 47.3 Å². The largest absolute Gasteiger partial charge is 0.507 e. The number of phenols is 2. The highest BCUT2D eigenvalue weighted by Crippen LogP contribution is 2.58. The van der Waals surface area contributed by atoms with Crippen LogP contribution in [0.5, 0.6) is 17.2 Å². The molecule has 0 aliphatic carbocycles. The van der Waals surface area contributed by atoms with E-state index in [0.29, 0.717) is 24.6 Å². The number of likely N-dealkylation sites (tertiary alicyclic amines) is 1. The molecule has 1 fully saturated rings. The molecule has 332 valence electrons. The van der Waals surface area contributed by atoms with Crippen molar-refractivity contribution in [3.8, 4) is 17.2 Å². The van der Waals surface area contributed by atoms with Crippen molar-refractivity contribution in [2.24, 2.45) is 34.6 Å². The van der Waals surface area contributed by atoms with Crippen LogP contribution >= 0.6 is 0 Å². The van der Waals surface area contributed by atoms with Crippen LogP contribution in [-0.2, 0) is 23.8 Å². The van der Waals surface area contributed by atoms with E-state index >= 15 is 0 Å². The second-order valence-corrected chi connectivity index (χ2v) is 18.0. The lowest BCUT2D eigenvalue weighted by Crippen LogP contribution is -2.46. The number of phenolic OH excluding ortho intramolecular Hbond substituents is 2. The standard InChI is InChI=1S/C46H62N4O11/c1-22(2)19-50-17-16-46(21-50)20-47-35-34(49-46)31-32-39(54)28(8)42-33(31)43(56)45(10,61-42)59-18-15-30(58-11)25(5)41(60-29(9)51)27(7)38(53)26(6)37(52)23(3)13-12-14-24(4)44(57)48-36(35)40(32)55/h12-15,18,20,22-23,25-27,30,37-38,41,49,52-55H,16-17,19,21H2,1-11H3,(H,48,57)/t23-,25+,26+,27+,30-,37-,38+,41+,45-,46?/m0/s1. The number of aliphatic hydroxyl groups excluding tert-OH is 2. The Kier molecular flexibility index (Phi) is 13.0. The van der Waals surface area contributed by atoms with Crippen molar-refractivity contribution in [2.45, 2.75) is 111 Å². The van der Waals surface area contributed by atoms with Gasteiger partial charge in [-0.05, 0) is 32.3 Å². The number of benzene rings is 2. The van der Waals surface area contributed by atoms with Crippen LogP contribution in [0.3, 0.4) is 0 Å². The number of methoxy groups -OCH3 is 1. The van der Waals surface area contributed by atoms with Gasteiger partial charge in [0.15, 0.2) is 5.75 Å². The molecule has 1 saturated heterocycles. The molecule has 4 bridgehead atoms. The van der Waals surface area contributed by atoms with Gasteiger partial charge in [-0.3, -0.25) is 19.4 Å². The lowest BCUT2D eigenvalue weighted by atomic mass is 9.78. The number of nitrogens with one attached hydrogen (secondary N) is 2. The van der Waals surface area contributed by atoms with Crippen molar-refractivity contribution < 1.29 is 53.8 Å². The van der Waals surface area contributed by atoms with Gasteiger partial charge in [0.1, 0.15) is 29.0 Å². The molecule has 4 aliphatic rings. The summed E-state index contributed by atoms with van der Waals surface area (Å²) in [4.78, 5) is 48.3. The molecular weight excluding hydrogens is 785 g/mol. The minimum Gasteiger partial charge on any atom is -0.507 e. The van der Waals surface area contributed by atoms with Crippen LogP contribution in [-0.4, -0.2) is 112 Å². The highest BCUT2D eigenvalue weighted by Gasteiger charge is 2.51. The summed E-state index contributed by atoms with van der Waals surface area (Å²) in [6, 6.07) is 0. The maximum absolute atomic E-state index is 14.8. The van der Waals surface area contributed by atoms with E-state index in [2.05, 4.69) is 29.4 Å². The van der Waals surface area contributed by atoms with E-state index in [-0.39, 0.29) is 50.3 Å². The quantitative estimate of drug-likeness (QED) is 0.114. The van der Waals surface area contributed by atoms with Gasteiger partial charge in [-0.2, -0.15) is 0 Å². The fourth-order valence-corrected chi connectivity index (χ4v) is 9.24. The number of nitrogens with zero attached hydrogens (tertiary/aromatic N) is 2. The number of esters is 1. The van der Waals surface area contributed by atoms with Gasteiger partial charge in [0.2, 0.25) is 0 Å². The molecule has 2 aromatic carbocycles. The first-order valence-corrected chi connectivity index (χ1v) is 21.1. The van der Waals surface area contributed by atoms with Crippen LogP contribution in [0.25, 0.3) is 10.8 Å². The average Bonchev–Trinajstić information content (AvgIpc) is 3.71. The molecule has 0 aromatic heterocycles. The van der Waals surface area contributed by atoms with E-state index in [4.69, 9.17) is 23.9 Å². The number of Topliss-reactive ketones (excluding diaryl/α,β-unsaturated/α-hetero) is 1. The zero-order valence-electron chi connectivity index (χ0n) is 37.0. The van der Waals surface area contributed by atoms with Crippen LogP contribution in [0.1, 0.15) is 84.7 Å². The smallest absolute Gasteiger partial charge is 0.312 e. The third-order valence-electron chi connectivity index (χ3n) is 12.8. The summed E-state index contributed by atoms with van der Waals surface area (Å²) in [5, 5.41) is 53.4. The van der Waals surface area contributed by atoms with Gasteiger partial charge in [-0.1, -0.05) is 59.8 Å². The fourth-order valence-electron chi connectivity index (χ4n) is 9.24. The second kappa shape index (κ2) is 17.4. The molecule has 1 spiro atoms. The molecule has 10 atom stereocenters. The molecule has 0 saturated carbocycles. The highest BCUT2D eigenvalue weighted by atomic mass is 16.7. The summed E-state index contributed by atoms with van der Waals surface area (Å²) in [5.74, 6) is -6.46. The van der Waals surface area contributed by atoms with Crippen molar-refractivity contribution in [1.82, 2.24) is 4.90 Å². The average molecular weight is 847 g/mol. The van der Waals surface area contributed by atoms with Crippen LogP contribution in [0.2, 0.25) is 0 Å². The van der Waals surface area contributed by atoms with Crippen molar-refractivity contribution in [3.63, 3.8) is 0 Å². The number of rotatable bonds is 4. The number of ether oxygens (including phenoxy) is 4. The van der Waals surface area contributed by atoms with E-state index in [1.807, 2.05) is 0 Å². The Morgan fingerprint density at radius 2 is 1.72 bits per heavy atom. The highest BCUT2D eigenvalue weighted by molar-refractivity contribution is 6.26. The zero-order chi connectivity index (χ0) is 44.9. The summed E-state index contributed by atoms with van der Waals surface area (Å²) in [6.07, 6.45) is 6.42. The Hall–Kier alpha value is -4.96. The van der Waals surface area contributed by atoms with Gasteiger partial charge in [0.25, 0.3) is 11.7 Å². The first-order chi connectivity index (χ1) is 28.6. The Bertz CT molecular complexity index is 2200. The van der Waals surface area contributed by atoms with Gasteiger partial charge in [0, 0.05) is 87.0 Å². The maximum atomic E-state index is 14.8. The zero-order valence-corrected chi connectivity index (χ0v) is 37.0. The number of carbonyl (C=O) groups excluding carboxylic acids is 3. The fraction of sp³-hybridized carbons (Fsp3) is 0.565. The second-order valence-electron chi connectivity index (χ2n) is 18.0. The van der Waals surface area contributed by atoms with Crippen LogP contribution in [0.4, 0.5) is 17.1 Å². The summed E-state index contributed by atoms with van der Waals surface area (Å²) in [5.41, 5.74) is 0.217. The number of fused-ring (bicyclic) bond motifs is 1. The van der Waals surface area contributed by atoms with Gasteiger partial charge >= 0.3 is 11.8 Å². The van der Waals surface area contributed by atoms with Crippen LogP contribution in [0, 0.1) is 36.5 Å². The molecule has 0 radical (unpaired) electrons. The summed E-state index contributed by atoms with van der Waals surface area (Å²) in [6.45, 7) is 19.4. The van der Waals surface area contributed by atoms with Gasteiger partial charge in [-0.25, -0.2) is 0 Å². The third-order valence-corrected chi connectivity index (χ3v) is 12.8. The first kappa shape index (κ1) is 45.6. The van der Waals surface area contributed by atoms with Crippen molar-refractivity contribution >= 4 is 51.7 Å². The Morgan fingerprint density at radius 1 is 1.02 bits per heavy atom. The SMILES string of the molecule is CO[C@H]1C=CO[C@@]2(C)Oc3c(C)c(O)c4c(O)c(c5c(c4c3C2=O)NC2(C=N5)CCN(CC(C)C)C2)NC(=O)C(C)=CC=C[C@H](C)[C@H](O)[C@@H](C)[C@@H](O)[C@@H](C)[C@H](OC(C)=O)[C@@H]1C. The number of aliphatic hydroxyl groups is 2. The number of carbonyl (C=O) groups is 3. The predicted molar refractivity (Wildman–Crippen MR) is 233 cm³/mol. The predicted octanol–water partition coefficient (Wildman–Crippen LogP) is 6.28. The van der Waals surface area contributed by atoms with E-state index in [1.54, 1.807) is 72.1 Å². The molecule has 6 N–H and O–H groups in total. The van der Waals surface area contributed by atoms with Crippen molar-refractivity contribution in [1.29, 1.82) is 0 Å². The summed E-state index contributed by atoms with van der Waals surface area (Å²) >= 11 is 0. The Labute approximate surface area is 357 Å². The molecule has 2 aromatic rings. The van der Waals surface area contributed by atoms with Crippen LogP contribution < -0.4 is 15.4 Å². The number of hydrogen-bond acceptors (Lipinski definition) is 14. The molecule has 1 unspecified atom stereocenters. The van der Waals surface area contributed by atoms with Gasteiger partial charge in [-0.15, -0.1) is 0 Å². The maximum Gasteiger partial charge on any atom is 0.312 e. The Morgan fingerprint density at radius 3 is 2.38 bits per heavy atom. The van der Waals surface area contributed by atoms with Crippen molar-refractivity contribution in [2.75, 3.05) is 37.4 Å². The number of aliphatic imine (C=N–C) groups is 1. The first-order valence-electron chi connectivity index (χ1n) is 21.1. The minimum absolute atomic E-state index is 0.0536. The number of amides is 1. The minimum atomic E-state index is -1.96. The van der Waals surface area contributed by atoms with E-state index in [9.17, 15) is 34.8 Å². The lowest BCUT2D eigenvalue weighted by molar-refractivity contribution is -0.160. The van der Waals surface area contributed by atoms with E-state index in [0.717, 1.165) is 13.1 Å². The monoisotopic (exact) mass is 846 g/mol. The number of hydrogen-bond donors (Lipinski definition) is 6. The van der Waals surface area contributed by atoms with E-state index in [1.165, 1.54) is 27.2 Å². The third kappa shape index (κ3) is 8.49. The molecule has 4 aliphatic heterocycles. The molecule has 6 rings (SSSR count). The number of aromatic hydroxyl groups is 2. The van der Waals surface area contributed by atoms with Crippen LogP contribution in [0.15, 0.2) is 41.1 Å². The molecule has 15 nitrogen and oxygen atoms in total. The number of anilines is 2. The molecule has 15 heteroatoms. The van der Waals surface area contributed by atoms with E-state index < -0.39 is 82.8 Å². The van der Waals surface area contributed by atoms with Gasteiger partial charge < -0.3 is 54.9 Å². The number of allylic oxidation sites excluding steroid dienone is 2. The summed E-state index contributed by atoms with van der Waals surface area (Å²) in [7, 11) is 1.47. The molecule has 4 heterocycles. The lowest BCUT2D eigenvalue weighted by Gasteiger charge is -2.38. The van der Waals surface area contributed by atoms with Gasteiger partial charge in [0.05, 0.1) is 46.7 Å².